The van der Waals surface area contributed by atoms with Crippen molar-refractivity contribution in [1.29, 1.82) is 0 Å². The molecule has 0 radical (unpaired) electrons. The van der Waals surface area contributed by atoms with Gasteiger partial charge in [0, 0.05) is 47.1 Å². The fourth-order valence-electron chi connectivity index (χ4n) is 5.69. The van der Waals surface area contributed by atoms with Gasteiger partial charge in [-0.3, -0.25) is 9.59 Å². The zero-order valence-corrected chi connectivity index (χ0v) is 22.9. The van der Waals surface area contributed by atoms with Gasteiger partial charge in [0.15, 0.2) is 16.9 Å². The first-order chi connectivity index (χ1) is 19.0. The molecule has 0 saturated carbocycles. The van der Waals surface area contributed by atoms with Crippen molar-refractivity contribution in [2.45, 2.75) is 55.7 Å². The summed E-state index contributed by atoms with van der Waals surface area (Å²) in [6.07, 6.45) is -4.76. The molecular weight excluding hydrogens is 545 g/mol. The van der Waals surface area contributed by atoms with Crippen LogP contribution in [0.25, 0.3) is 5.69 Å². The monoisotopic (exact) mass is 572 g/mol. The number of thioether (sulfide) groups is 1. The number of aromatic nitrogens is 1. The molecule has 1 amide bonds. The Labute approximate surface area is 232 Å². The number of alkyl halides is 3. The molecule has 3 aromatic rings. The molecule has 0 spiro atoms. The summed E-state index contributed by atoms with van der Waals surface area (Å²) in [7, 11) is 0. The van der Waals surface area contributed by atoms with Gasteiger partial charge in [0.1, 0.15) is 5.56 Å². The number of nitrogens with zero attached hydrogens (tertiary/aromatic N) is 2. The van der Waals surface area contributed by atoms with Gasteiger partial charge in [-0.25, -0.2) is 0 Å². The zero-order valence-electron chi connectivity index (χ0n) is 22.1. The molecule has 3 aliphatic rings. The summed E-state index contributed by atoms with van der Waals surface area (Å²) in [5.74, 6) is 0.737. The number of benzene rings is 2. The van der Waals surface area contributed by atoms with E-state index in [9.17, 15) is 22.8 Å². The second kappa shape index (κ2) is 9.88. The Morgan fingerprint density at radius 3 is 2.45 bits per heavy atom. The lowest BCUT2D eigenvalue weighted by atomic mass is 10.00. The molecular formula is C29H27F3N2O5S. The van der Waals surface area contributed by atoms with Crippen molar-refractivity contribution < 1.29 is 32.2 Å². The molecule has 6 rings (SSSR count). The van der Waals surface area contributed by atoms with Crippen molar-refractivity contribution in [1.82, 2.24) is 9.47 Å². The van der Waals surface area contributed by atoms with E-state index < -0.39 is 23.1 Å². The van der Waals surface area contributed by atoms with Gasteiger partial charge in [0.2, 0.25) is 6.79 Å². The maximum atomic E-state index is 14.0. The molecule has 4 heterocycles. The highest BCUT2D eigenvalue weighted by Gasteiger charge is 2.36. The van der Waals surface area contributed by atoms with Crippen LogP contribution in [0, 0.1) is 6.92 Å². The first-order valence-corrected chi connectivity index (χ1v) is 13.9. The minimum atomic E-state index is -4.56. The van der Waals surface area contributed by atoms with Crippen molar-refractivity contribution >= 4 is 17.7 Å². The summed E-state index contributed by atoms with van der Waals surface area (Å²) < 4.78 is 59.9. The molecule has 0 bridgehead atoms. The van der Waals surface area contributed by atoms with Gasteiger partial charge in [0.25, 0.3) is 5.91 Å². The lowest BCUT2D eigenvalue weighted by molar-refractivity contribution is -0.137. The van der Waals surface area contributed by atoms with E-state index in [1.54, 1.807) is 22.5 Å². The van der Waals surface area contributed by atoms with E-state index in [0.717, 1.165) is 17.7 Å². The summed E-state index contributed by atoms with van der Waals surface area (Å²) in [4.78, 5) is 29.7. The summed E-state index contributed by atoms with van der Waals surface area (Å²) in [5, 5.41) is -0.325. The number of aryl methyl sites for hydroxylation is 1. The molecule has 40 heavy (non-hydrogen) atoms. The van der Waals surface area contributed by atoms with Crippen LogP contribution in [-0.4, -0.2) is 47.5 Å². The van der Waals surface area contributed by atoms with Gasteiger partial charge in [-0.05, 0) is 56.7 Å². The molecule has 2 aromatic carbocycles. The highest BCUT2D eigenvalue weighted by Crippen LogP contribution is 2.47. The van der Waals surface area contributed by atoms with Gasteiger partial charge >= 0.3 is 6.18 Å². The molecule has 3 aliphatic heterocycles. The predicted molar refractivity (Wildman–Crippen MR) is 143 cm³/mol. The summed E-state index contributed by atoms with van der Waals surface area (Å²) in [5.41, 5.74) is 0.681. The molecule has 0 unspecified atom stereocenters. The van der Waals surface area contributed by atoms with E-state index in [-0.39, 0.29) is 41.9 Å². The third-order valence-electron chi connectivity index (χ3n) is 7.36. The molecule has 0 aliphatic carbocycles. The Morgan fingerprint density at radius 1 is 1.00 bits per heavy atom. The number of hydrogen-bond donors (Lipinski definition) is 0. The van der Waals surface area contributed by atoms with Crippen molar-refractivity contribution in [3.63, 3.8) is 0 Å². The summed E-state index contributed by atoms with van der Waals surface area (Å²) in [6, 6.07) is 10.5. The van der Waals surface area contributed by atoms with Crippen LogP contribution in [0.2, 0.25) is 0 Å². The van der Waals surface area contributed by atoms with Gasteiger partial charge in [0.05, 0.1) is 23.5 Å². The lowest BCUT2D eigenvalue weighted by Crippen LogP contribution is -2.49. The number of carbonyl (C=O) groups excluding carboxylic acids is 1. The fraction of sp³-hybridized carbons (Fsp3) is 0.379. The predicted octanol–water partition coefficient (Wildman–Crippen LogP) is 5.53. The zero-order chi connectivity index (χ0) is 28.3. The van der Waals surface area contributed by atoms with Crippen molar-refractivity contribution in [3.8, 4) is 17.2 Å². The maximum Gasteiger partial charge on any atom is 0.416 e. The number of fused-ring (bicyclic) bond motifs is 4. The molecule has 0 N–H and O–H groups in total. The topological polar surface area (TPSA) is 70.0 Å². The lowest BCUT2D eigenvalue weighted by Gasteiger charge is -2.35. The smallest absolute Gasteiger partial charge is 0.416 e. The molecule has 11 heteroatoms. The minimum absolute atomic E-state index is 0.0245. The second-order valence-corrected chi connectivity index (χ2v) is 11.6. The van der Waals surface area contributed by atoms with E-state index >= 15 is 0 Å². The number of pyridine rings is 1. The van der Waals surface area contributed by atoms with Crippen LogP contribution in [0.3, 0.4) is 0 Å². The molecule has 210 valence electrons. The first-order valence-electron chi connectivity index (χ1n) is 13.0. The van der Waals surface area contributed by atoms with Crippen LogP contribution in [0.5, 0.6) is 11.5 Å². The number of halogens is 3. The second-order valence-electron chi connectivity index (χ2n) is 10.4. The Balaban J connectivity index is 1.56. The Morgan fingerprint density at radius 2 is 1.73 bits per heavy atom. The van der Waals surface area contributed by atoms with Crippen molar-refractivity contribution in [3.05, 3.63) is 80.8 Å². The van der Waals surface area contributed by atoms with E-state index in [0.29, 0.717) is 40.9 Å². The van der Waals surface area contributed by atoms with Gasteiger partial charge in [-0.1, -0.05) is 6.07 Å². The van der Waals surface area contributed by atoms with E-state index in [2.05, 4.69) is 0 Å². The Hall–Kier alpha value is -3.44. The Kier molecular flexibility index (Phi) is 6.61. The standard InChI is InChI=1S/C29H27F3N2O5S/c1-15-8-22(35)27(28(36)33-12-16(2)39-17(3)13-33)21-11-26(18-4-6-23-24(9-18)38-14-37-23)40-25-7-5-19(29(30,31)32)10-20(25)34(15)21/h4-10,16-17,26H,11-14H2,1-3H3/t16-,17+,26-/m0/s1. The molecule has 1 fully saturated rings. The number of amides is 1. The van der Waals surface area contributed by atoms with Crippen LogP contribution in [0.1, 0.15) is 52.0 Å². The molecule has 1 saturated heterocycles. The molecule has 7 nitrogen and oxygen atoms in total. The molecule has 1 aromatic heterocycles. The number of ether oxygens (including phenoxy) is 3. The number of rotatable bonds is 2. The van der Waals surface area contributed by atoms with Crippen LogP contribution in [0.4, 0.5) is 13.2 Å². The highest BCUT2D eigenvalue weighted by molar-refractivity contribution is 7.99. The van der Waals surface area contributed by atoms with Crippen LogP contribution in [0.15, 0.2) is 52.2 Å². The SMILES string of the molecule is Cc1cc(=O)c(C(=O)N2C[C@@H](C)O[C@@H](C)C2)c2n1-c1cc(C(F)(F)F)ccc1S[C@H](c1ccc3c(c1)OCO3)C2. The fourth-order valence-corrected chi connectivity index (χ4v) is 6.94. The van der Waals surface area contributed by atoms with E-state index in [1.807, 2.05) is 26.0 Å². The maximum absolute atomic E-state index is 14.0. The molecule has 3 atom stereocenters. The van der Waals surface area contributed by atoms with Crippen molar-refractivity contribution in [2.24, 2.45) is 0 Å². The first kappa shape index (κ1) is 26.8. The minimum Gasteiger partial charge on any atom is -0.454 e. The average molecular weight is 573 g/mol. The van der Waals surface area contributed by atoms with Crippen molar-refractivity contribution in [2.75, 3.05) is 19.9 Å². The van der Waals surface area contributed by atoms with E-state index in [1.165, 1.54) is 23.9 Å². The highest BCUT2D eigenvalue weighted by atomic mass is 32.2. The average Bonchev–Trinajstić information content (AvgIpc) is 3.28. The van der Waals surface area contributed by atoms with Gasteiger partial charge in [-0.15, -0.1) is 11.8 Å². The third-order valence-corrected chi connectivity index (χ3v) is 8.68. The normalized spacial score (nSPS) is 21.9. The van der Waals surface area contributed by atoms with Crippen LogP contribution < -0.4 is 14.9 Å². The number of morpholine rings is 1. The van der Waals surface area contributed by atoms with Gasteiger partial charge in [-0.2, -0.15) is 13.2 Å². The van der Waals surface area contributed by atoms with Crippen LogP contribution in [-0.2, 0) is 17.3 Å². The quantitative estimate of drug-likeness (QED) is 0.402. The summed E-state index contributed by atoms with van der Waals surface area (Å²) in [6.45, 7) is 6.12. The van der Waals surface area contributed by atoms with E-state index in [4.69, 9.17) is 14.2 Å². The largest absolute Gasteiger partial charge is 0.454 e. The van der Waals surface area contributed by atoms with Crippen LogP contribution >= 0.6 is 11.8 Å². The Bertz CT molecular complexity index is 1560. The van der Waals surface area contributed by atoms with Gasteiger partial charge < -0.3 is 23.7 Å². The number of carbonyl (C=O) groups is 1. The number of hydrogen-bond acceptors (Lipinski definition) is 6. The summed E-state index contributed by atoms with van der Waals surface area (Å²) >= 11 is 1.39. The third kappa shape index (κ3) is 4.75.